The van der Waals surface area contributed by atoms with Crippen LogP contribution < -0.4 is 0 Å². The lowest BCUT2D eigenvalue weighted by Gasteiger charge is -2.25. The van der Waals surface area contributed by atoms with Crippen molar-refractivity contribution < 1.29 is 9.84 Å². The summed E-state index contributed by atoms with van der Waals surface area (Å²) in [5.74, 6) is 0. The van der Waals surface area contributed by atoms with Gasteiger partial charge < -0.3 is 9.84 Å². The minimum atomic E-state index is -0.0637. The predicted molar refractivity (Wildman–Crippen MR) is 62.2 cm³/mol. The summed E-state index contributed by atoms with van der Waals surface area (Å²) in [6, 6.07) is 0. The first-order chi connectivity index (χ1) is 7.16. The molecule has 0 aromatic heterocycles. The molecule has 1 aliphatic rings. The summed E-state index contributed by atoms with van der Waals surface area (Å²) in [5, 5.41) is 9.11. The number of nitrogens with zero attached hydrogens (tertiary/aromatic N) is 1. The van der Waals surface area contributed by atoms with E-state index in [0.717, 1.165) is 25.7 Å². The van der Waals surface area contributed by atoms with E-state index >= 15 is 0 Å². The van der Waals surface area contributed by atoms with E-state index in [4.69, 9.17) is 9.84 Å². The van der Waals surface area contributed by atoms with Crippen LogP contribution >= 0.6 is 0 Å². The minimum absolute atomic E-state index is 0.0290. The second kappa shape index (κ2) is 5.61. The Balaban J connectivity index is 2.60. The van der Waals surface area contributed by atoms with Gasteiger partial charge in [0, 0.05) is 11.6 Å². The van der Waals surface area contributed by atoms with Gasteiger partial charge in [-0.1, -0.05) is 27.2 Å². The van der Waals surface area contributed by atoms with Gasteiger partial charge in [0.05, 0.1) is 12.7 Å². The van der Waals surface area contributed by atoms with Crippen LogP contribution in [0, 0.1) is 5.41 Å². The summed E-state index contributed by atoms with van der Waals surface area (Å²) < 4.78 is 5.72. The van der Waals surface area contributed by atoms with Crippen molar-refractivity contribution in [2.75, 3.05) is 6.61 Å². The first-order valence-electron chi connectivity index (χ1n) is 5.94. The molecule has 0 bridgehead atoms. The van der Waals surface area contributed by atoms with Crippen LogP contribution in [-0.2, 0) is 4.74 Å². The molecule has 15 heavy (non-hydrogen) atoms. The average Bonchev–Trinajstić information content (AvgIpc) is 2.57. The Kier molecular flexibility index (Phi) is 4.74. The molecule has 1 fully saturated rings. The first-order valence-corrected chi connectivity index (χ1v) is 5.94. The topological polar surface area (TPSA) is 41.8 Å². The number of unbranched alkanes of at least 4 members (excludes halogenated alkanes) is 1. The monoisotopic (exact) mass is 213 g/mol. The quantitative estimate of drug-likeness (QED) is 0.712. The third kappa shape index (κ3) is 3.02. The molecule has 1 rings (SSSR count). The lowest BCUT2D eigenvalue weighted by molar-refractivity contribution is -0.00229. The molecule has 88 valence electrons. The maximum absolute atomic E-state index is 9.11. The molecule has 3 atom stereocenters. The molecule has 0 radical (unpaired) electrons. The van der Waals surface area contributed by atoms with Crippen molar-refractivity contribution in [3.63, 3.8) is 0 Å². The van der Waals surface area contributed by atoms with Crippen LogP contribution in [0.4, 0.5) is 0 Å². The molecule has 0 aromatic carbocycles. The average molecular weight is 213 g/mol. The molecule has 3 heteroatoms. The Bertz CT molecular complexity index is 218. The normalized spacial score (nSPS) is 36.5. The molecule has 1 aliphatic heterocycles. The van der Waals surface area contributed by atoms with Gasteiger partial charge in [0.2, 0.25) is 0 Å². The molecule has 0 aliphatic carbocycles. The van der Waals surface area contributed by atoms with Crippen molar-refractivity contribution in [2.24, 2.45) is 10.4 Å². The second-order valence-electron chi connectivity index (χ2n) is 4.63. The molecule has 1 N–H and O–H groups in total. The van der Waals surface area contributed by atoms with E-state index in [1.165, 1.54) is 0 Å². The van der Waals surface area contributed by atoms with Crippen molar-refractivity contribution >= 4 is 6.21 Å². The SMILES string of the molecule is CCCC=NC1OC(CO)CC1(C)CC. The van der Waals surface area contributed by atoms with Gasteiger partial charge in [-0.3, -0.25) is 4.99 Å². The van der Waals surface area contributed by atoms with Gasteiger partial charge in [0.1, 0.15) is 0 Å². The lowest BCUT2D eigenvalue weighted by Crippen LogP contribution is -2.25. The highest BCUT2D eigenvalue weighted by atomic mass is 16.5. The first kappa shape index (κ1) is 12.7. The number of aliphatic hydroxyl groups excluding tert-OH is 1. The van der Waals surface area contributed by atoms with Crippen molar-refractivity contribution in [2.45, 2.75) is 58.8 Å². The number of hydrogen-bond donors (Lipinski definition) is 1. The van der Waals surface area contributed by atoms with Crippen LogP contribution in [0.5, 0.6) is 0 Å². The van der Waals surface area contributed by atoms with Crippen LogP contribution in [0.15, 0.2) is 4.99 Å². The highest BCUT2D eigenvalue weighted by Crippen LogP contribution is 2.41. The zero-order chi connectivity index (χ0) is 11.3. The van der Waals surface area contributed by atoms with Gasteiger partial charge in [-0.05, 0) is 19.3 Å². The lowest BCUT2D eigenvalue weighted by atomic mass is 9.83. The molecule has 0 spiro atoms. The molecule has 3 nitrogen and oxygen atoms in total. The summed E-state index contributed by atoms with van der Waals surface area (Å²) in [6.07, 6.45) is 5.93. The number of ether oxygens (including phenoxy) is 1. The van der Waals surface area contributed by atoms with Crippen LogP contribution in [0.25, 0.3) is 0 Å². The fraction of sp³-hybridized carbons (Fsp3) is 0.917. The summed E-state index contributed by atoms with van der Waals surface area (Å²) in [4.78, 5) is 4.48. The van der Waals surface area contributed by atoms with Gasteiger partial charge in [0.15, 0.2) is 6.23 Å². The van der Waals surface area contributed by atoms with Crippen molar-refractivity contribution in [1.29, 1.82) is 0 Å². The molecular formula is C12H23NO2. The second-order valence-corrected chi connectivity index (χ2v) is 4.63. The number of aliphatic hydroxyl groups is 1. The van der Waals surface area contributed by atoms with E-state index in [2.05, 4.69) is 25.8 Å². The van der Waals surface area contributed by atoms with Gasteiger partial charge in [-0.15, -0.1) is 0 Å². The van der Waals surface area contributed by atoms with E-state index in [-0.39, 0.29) is 24.4 Å². The van der Waals surface area contributed by atoms with Crippen LogP contribution in [0.1, 0.15) is 46.5 Å². The van der Waals surface area contributed by atoms with Crippen molar-refractivity contribution in [3.05, 3.63) is 0 Å². The Morgan fingerprint density at radius 3 is 2.80 bits per heavy atom. The van der Waals surface area contributed by atoms with E-state index < -0.39 is 0 Å². The standard InChI is InChI=1S/C12H23NO2/c1-4-6-7-13-11-12(3,5-2)8-10(9-14)15-11/h7,10-11,14H,4-6,8-9H2,1-3H3. The number of aliphatic imine (C=N–C) groups is 1. The maximum Gasteiger partial charge on any atom is 0.153 e. The molecule has 0 amide bonds. The largest absolute Gasteiger partial charge is 0.394 e. The molecule has 3 unspecified atom stereocenters. The van der Waals surface area contributed by atoms with E-state index in [0.29, 0.717) is 0 Å². The fourth-order valence-electron chi connectivity index (χ4n) is 1.96. The van der Waals surface area contributed by atoms with E-state index in [1.807, 2.05) is 6.21 Å². The Morgan fingerprint density at radius 1 is 1.53 bits per heavy atom. The van der Waals surface area contributed by atoms with E-state index in [9.17, 15) is 0 Å². The van der Waals surface area contributed by atoms with Crippen LogP contribution in [0.3, 0.4) is 0 Å². The zero-order valence-electron chi connectivity index (χ0n) is 10.1. The number of hydrogen-bond acceptors (Lipinski definition) is 3. The summed E-state index contributed by atoms with van der Waals surface area (Å²) in [7, 11) is 0. The molecule has 0 aromatic rings. The molecule has 1 heterocycles. The van der Waals surface area contributed by atoms with Crippen LogP contribution in [-0.4, -0.2) is 30.3 Å². The highest BCUT2D eigenvalue weighted by Gasteiger charge is 2.43. The van der Waals surface area contributed by atoms with Crippen molar-refractivity contribution in [1.82, 2.24) is 0 Å². The summed E-state index contributed by atoms with van der Waals surface area (Å²) >= 11 is 0. The molecule has 0 saturated carbocycles. The molecular weight excluding hydrogens is 190 g/mol. The Hall–Kier alpha value is -0.410. The van der Waals surface area contributed by atoms with Crippen molar-refractivity contribution in [3.8, 4) is 0 Å². The summed E-state index contributed by atoms with van der Waals surface area (Å²) in [5.41, 5.74) is 0.0949. The Morgan fingerprint density at radius 2 is 2.27 bits per heavy atom. The summed E-state index contributed by atoms with van der Waals surface area (Å²) in [6.45, 7) is 6.59. The van der Waals surface area contributed by atoms with Crippen LogP contribution in [0.2, 0.25) is 0 Å². The maximum atomic E-state index is 9.11. The predicted octanol–water partition coefficient (Wildman–Crippen LogP) is 2.38. The third-order valence-corrected chi connectivity index (χ3v) is 3.28. The van der Waals surface area contributed by atoms with Gasteiger partial charge in [-0.2, -0.15) is 0 Å². The number of rotatable bonds is 5. The zero-order valence-corrected chi connectivity index (χ0v) is 10.1. The fourth-order valence-corrected chi connectivity index (χ4v) is 1.96. The van der Waals surface area contributed by atoms with Gasteiger partial charge in [-0.25, -0.2) is 0 Å². The minimum Gasteiger partial charge on any atom is -0.394 e. The van der Waals surface area contributed by atoms with E-state index in [1.54, 1.807) is 0 Å². The smallest absolute Gasteiger partial charge is 0.153 e. The highest BCUT2D eigenvalue weighted by molar-refractivity contribution is 5.57. The third-order valence-electron chi connectivity index (χ3n) is 3.28. The van der Waals surface area contributed by atoms with Gasteiger partial charge in [0.25, 0.3) is 0 Å². The molecule has 1 saturated heterocycles. The van der Waals surface area contributed by atoms with Gasteiger partial charge >= 0.3 is 0 Å². The Labute approximate surface area is 92.6 Å².